The third kappa shape index (κ3) is 2.68. The van der Waals surface area contributed by atoms with Crippen LogP contribution in [0.2, 0.25) is 0 Å². The summed E-state index contributed by atoms with van der Waals surface area (Å²) >= 11 is 3.57. The summed E-state index contributed by atoms with van der Waals surface area (Å²) in [5, 5.41) is 3.26. The highest BCUT2D eigenvalue weighted by atomic mass is 79.9. The van der Waals surface area contributed by atoms with Crippen molar-refractivity contribution in [2.75, 3.05) is 18.7 Å². The maximum atomic E-state index is 5.42. The molecule has 0 spiro atoms. The van der Waals surface area contributed by atoms with E-state index in [1.165, 1.54) is 0 Å². The fourth-order valence-corrected chi connectivity index (χ4v) is 2.78. The van der Waals surface area contributed by atoms with E-state index in [0.29, 0.717) is 5.82 Å². The van der Waals surface area contributed by atoms with E-state index in [1.54, 1.807) is 0 Å². The fourth-order valence-electron chi connectivity index (χ4n) is 2.18. The quantitative estimate of drug-likeness (QED) is 0.913. The van der Waals surface area contributed by atoms with Crippen molar-refractivity contribution in [2.24, 2.45) is 0 Å². The third-order valence-corrected chi connectivity index (χ3v) is 4.06. The van der Waals surface area contributed by atoms with E-state index in [9.17, 15) is 0 Å². The maximum Gasteiger partial charge on any atom is 0.231 e. The molecule has 2 heterocycles. The lowest BCUT2D eigenvalue weighted by molar-refractivity contribution is 0.174. The summed E-state index contributed by atoms with van der Waals surface area (Å²) in [5.41, 5.74) is 1.90. The first-order chi connectivity index (χ1) is 10.2. The molecular weight excluding hydrogens is 334 g/mol. The molecule has 3 rings (SSSR count). The third-order valence-electron chi connectivity index (χ3n) is 3.23. The molecule has 1 aromatic carbocycles. The van der Waals surface area contributed by atoms with Gasteiger partial charge in [0.25, 0.3) is 0 Å². The first-order valence-electron chi connectivity index (χ1n) is 6.93. The molecule has 1 aliphatic rings. The molecule has 0 radical (unpaired) electrons. The van der Waals surface area contributed by atoms with Crippen molar-refractivity contribution in [3.8, 4) is 22.9 Å². The van der Waals surface area contributed by atoms with Gasteiger partial charge in [0.15, 0.2) is 17.3 Å². The smallest absolute Gasteiger partial charge is 0.231 e. The van der Waals surface area contributed by atoms with Crippen LogP contribution in [-0.2, 0) is 6.42 Å². The number of ether oxygens (including phenoxy) is 2. The molecule has 5 nitrogen and oxygen atoms in total. The Kier molecular flexibility index (Phi) is 3.96. The van der Waals surface area contributed by atoms with E-state index in [4.69, 9.17) is 9.47 Å². The molecule has 0 fully saturated rings. The number of aryl methyl sites for hydroxylation is 1. The molecule has 1 aromatic heterocycles. The van der Waals surface area contributed by atoms with Gasteiger partial charge >= 0.3 is 0 Å². The molecule has 110 valence electrons. The van der Waals surface area contributed by atoms with Crippen molar-refractivity contribution >= 4 is 21.7 Å². The molecule has 1 aliphatic heterocycles. The summed E-state index contributed by atoms with van der Waals surface area (Å²) < 4.78 is 11.7. The number of anilines is 1. The van der Waals surface area contributed by atoms with Gasteiger partial charge < -0.3 is 14.8 Å². The van der Waals surface area contributed by atoms with Crippen LogP contribution in [0.1, 0.15) is 19.5 Å². The highest BCUT2D eigenvalue weighted by Gasteiger charge is 2.17. The zero-order valence-corrected chi connectivity index (χ0v) is 13.5. The average molecular weight is 350 g/mol. The van der Waals surface area contributed by atoms with Crippen LogP contribution in [0, 0.1) is 0 Å². The molecule has 1 N–H and O–H groups in total. The summed E-state index contributed by atoms with van der Waals surface area (Å²) in [4.78, 5) is 9.24. The second-order valence-electron chi connectivity index (χ2n) is 4.61. The van der Waals surface area contributed by atoms with Gasteiger partial charge in [0.2, 0.25) is 6.79 Å². The Morgan fingerprint density at radius 3 is 2.76 bits per heavy atom. The number of nitrogens with one attached hydrogen (secondary N) is 1. The van der Waals surface area contributed by atoms with Gasteiger partial charge in [0.05, 0.1) is 10.2 Å². The Labute approximate surface area is 131 Å². The molecule has 0 aliphatic carbocycles. The van der Waals surface area contributed by atoms with E-state index >= 15 is 0 Å². The minimum atomic E-state index is 0.267. The molecule has 2 aromatic rings. The average Bonchev–Trinajstić information content (AvgIpc) is 2.97. The first-order valence-corrected chi connectivity index (χ1v) is 7.72. The molecule has 0 saturated heterocycles. The zero-order valence-electron chi connectivity index (χ0n) is 11.9. The van der Waals surface area contributed by atoms with Crippen LogP contribution >= 0.6 is 15.9 Å². The maximum absolute atomic E-state index is 5.42. The molecule has 0 bridgehead atoms. The largest absolute Gasteiger partial charge is 0.454 e. The number of aromatic nitrogens is 2. The van der Waals surface area contributed by atoms with E-state index in [-0.39, 0.29) is 6.79 Å². The van der Waals surface area contributed by atoms with Crippen molar-refractivity contribution < 1.29 is 9.47 Å². The molecular formula is C15H16BrN3O2. The van der Waals surface area contributed by atoms with Crippen LogP contribution in [0.5, 0.6) is 11.5 Å². The molecule has 6 heteroatoms. The Morgan fingerprint density at radius 1 is 1.19 bits per heavy atom. The monoisotopic (exact) mass is 349 g/mol. The van der Waals surface area contributed by atoms with Gasteiger partial charge in [-0.3, -0.25) is 0 Å². The van der Waals surface area contributed by atoms with Gasteiger partial charge in [-0.25, -0.2) is 9.97 Å². The van der Waals surface area contributed by atoms with Crippen LogP contribution in [0.4, 0.5) is 5.82 Å². The number of benzene rings is 1. The van der Waals surface area contributed by atoms with Crippen molar-refractivity contribution in [3.05, 3.63) is 28.4 Å². The van der Waals surface area contributed by atoms with Gasteiger partial charge in [-0.1, -0.05) is 6.92 Å². The Balaban J connectivity index is 2.07. The number of rotatable bonds is 4. The highest BCUT2D eigenvalue weighted by Crippen LogP contribution is 2.36. The molecule has 0 atom stereocenters. The Bertz CT molecular complexity index is 676. The standard InChI is InChI=1S/C15H16BrN3O2/c1-3-10-13(16)15(17-4-2)19-14(18-10)9-5-6-11-12(7-9)21-8-20-11/h5-7H,3-4,8H2,1-2H3,(H,17,18,19). The van der Waals surface area contributed by atoms with Crippen LogP contribution < -0.4 is 14.8 Å². The van der Waals surface area contributed by atoms with Gasteiger partial charge in [0.1, 0.15) is 5.82 Å². The number of halogens is 1. The fraction of sp³-hybridized carbons (Fsp3) is 0.333. The number of hydrogen-bond acceptors (Lipinski definition) is 5. The number of fused-ring (bicyclic) bond motifs is 1. The van der Waals surface area contributed by atoms with Gasteiger partial charge in [-0.15, -0.1) is 0 Å². The van der Waals surface area contributed by atoms with Crippen molar-refractivity contribution in [2.45, 2.75) is 20.3 Å². The van der Waals surface area contributed by atoms with Crippen molar-refractivity contribution in [1.29, 1.82) is 0 Å². The summed E-state index contributed by atoms with van der Waals surface area (Å²) in [6, 6.07) is 5.76. The lowest BCUT2D eigenvalue weighted by Crippen LogP contribution is -2.05. The summed E-state index contributed by atoms with van der Waals surface area (Å²) in [6.07, 6.45) is 0.832. The van der Waals surface area contributed by atoms with Crippen molar-refractivity contribution in [1.82, 2.24) is 9.97 Å². The van der Waals surface area contributed by atoms with E-state index < -0.39 is 0 Å². The SMILES string of the molecule is CCNc1nc(-c2ccc3c(c2)OCO3)nc(CC)c1Br. The van der Waals surface area contributed by atoms with E-state index in [0.717, 1.165) is 46.0 Å². The zero-order chi connectivity index (χ0) is 14.8. The van der Waals surface area contributed by atoms with Gasteiger partial charge in [-0.05, 0) is 47.5 Å². The summed E-state index contributed by atoms with van der Waals surface area (Å²) in [7, 11) is 0. The second-order valence-corrected chi connectivity index (χ2v) is 5.40. The van der Waals surface area contributed by atoms with E-state index in [1.807, 2.05) is 25.1 Å². The number of nitrogens with zero attached hydrogens (tertiary/aromatic N) is 2. The highest BCUT2D eigenvalue weighted by molar-refractivity contribution is 9.10. The van der Waals surface area contributed by atoms with E-state index in [2.05, 4.69) is 38.1 Å². The van der Waals surface area contributed by atoms with Crippen LogP contribution in [0.25, 0.3) is 11.4 Å². The lowest BCUT2D eigenvalue weighted by atomic mass is 10.2. The molecule has 0 saturated carbocycles. The number of hydrogen-bond donors (Lipinski definition) is 1. The minimum Gasteiger partial charge on any atom is -0.454 e. The summed E-state index contributed by atoms with van der Waals surface area (Å²) in [5.74, 6) is 3.00. The predicted molar refractivity (Wildman–Crippen MR) is 84.8 cm³/mol. The van der Waals surface area contributed by atoms with Crippen LogP contribution in [0.3, 0.4) is 0 Å². The topological polar surface area (TPSA) is 56.3 Å². The van der Waals surface area contributed by atoms with Crippen LogP contribution in [-0.4, -0.2) is 23.3 Å². The van der Waals surface area contributed by atoms with Gasteiger partial charge in [-0.2, -0.15) is 0 Å². The van der Waals surface area contributed by atoms with Crippen LogP contribution in [0.15, 0.2) is 22.7 Å². The molecule has 21 heavy (non-hydrogen) atoms. The second kappa shape index (κ2) is 5.89. The summed E-state index contributed by atoms with van der Waals surface area (Å²) in [6.45, 7) is 5.19. The Morgan fingerprint density at radius 2 is 2.00 bits per heavy atom. The van der Waals surface area contributed by atoms with Crippen molar-refractivity contribution in [3.63, 3.8) is 0 Å². The predicted octanol–water partition coefficient (Wildman–Crippen LogP) is 3.63. The molecule has 0 amide bonds. The molecule has 0 unspecified atom stereocenters. The Hall–Kier alpha value is -1.82. The van der Waals surface area contributed by atoms with Gasteiger partial charge in [0, 0.05) is 12.1 Å². The minimum absolute atomic E-state index is 0.267. The normalized spacial score (nSPS) is 12.5. The lowest BCUT2D eigenvalue weighted by Gasteiger charge is -2.11. The first kappa shape index (κ1) is 14.1.